The summed E-state index contributed by atoms with van der Waals surface area (Å²) in [5.74, 6) is 0. The standard InChI is InChI=1S/C12H17NOS2/c1-15-12(16(2)14)11(13)9-8-10-6-4-3-5-7-10/h3-7H,8-9,13H2,1-2H3. The summed E-state index contributed by atoms with van der Waals surface area (Å²) >= 11 is 1.48. The van der Waals surface area contributed by atoms with E-state index in [1.54, 1.807) is 6.26 Å². The highest BCUT2D eigenvalue weighted by Crippen LogP contribution is 2.20. The zero-order chi connectivity index (χ0) is 12.0. The molecule has 0 fully saturated rings. The second-order valence-corrected chi connectivity index (χ2v) is 5.85. The van der Waals surface area contributed by atoms with E-state index < -0.39 is 10.8 Å². The van der Waals surface area contributed by atoms with Crippen LogP contribution >= 0.6 is 11.8 Å². The summed E-state index contributed by atoms with van der Waals surface area (Å²) < 4.78 is 12.2. The Morgan fingerprint density at radius 1 is 1.38 bits per heavy atom. The molecule has 0 radical (unpaired) electrons. The lowest BCUT2D eigenvalue weighted by molar-refractivity contribution is 0.691. The maximum absolute atomic E-state index is 11.4. The Kier molecular flexibility index (Phi) is 5.63. The van der Waals surface area contributed by atoms with Gasteiger partial charge in [0.2, 0.25) is 0 Å². The van der Waals surface area contributed by atoms with E-state index in [2.05, 4.69) is 12.1 Å². The summed E-state index contributed by atoms with van der Waals surface area (Å²) in [6.07, 6.45) is 5.24. The van der Waals surface area contributed by atoms with Gasteiger partial charge in [0.1, 0.15) is 0 Å². The molecule has 1 aromatic rings. The molecule has 1 atom stereocenters. The highest BCUT2D eigenvalue weighted by molar-refractivity contribution is 8.15. The fourth-order valence-corrected chi connectivity index (χ4v) is 3.23. The Hall–Kier alpha value is -0.740. The van der Waals surface area contributed by atoms with Crippen LogP contribution in [0.1, 0.15) is 12.0 Å². The Balaban J connectivity index is 2.65. The third-order valence-electron chi connectivity index (χ3n) is 2.23. The normalized spacial score (nSPS) is 14.4. The molecule has 0 saturated heterocycles. The molecule has 0 heterocycles. The third-order valence-corrected chi connectivity index (χ3v) is 4.86. The van der Waals surface area contributed by atoms with Crippen molar-refractivity contribution in [1.29, 1.82) is 0 Å². The number of aryl methyl sites for hydroxylation is 1. The molecule has 0 aliphatic heterocycles. The fraction of sp³-hybridized carbons (Fsp3) is 0.333. The first-order valence-electron chi connectivity index (χ1n) is 5.05. The first-order valence-corrected chi connectivity index (χ1v) is 7.83. The van der Waals surface area contributed by atoms with Crippen molar-refractivity contribution in [2.24, 2.45) is 5.73 Å². The number of hydrogen-bond donors (Lipinski definition) is 1. The molecule has 88 valence electrons. The molecule has 4 heteroatoms. The van der Waals surface area contributed by atoms with Crippen LogP contribution < -0.4 is 5.73 Å². The van der Waals surface area contributed by atoms with Crippen LogP contribution in [0.25, 0.3) is 0 Å². The highest BCUT2D eigenvalue weighted by atomic mass is 32.2. The van der Waals surface area contributed by atoms with Crippen LogP contribution in [0, 0.1) is 0 Å². The molecule has 0 aromatic heterocycles. The Bertz CT molecular complexity index is 387. The van der Waals surface area contributed by atoms with E-state index in [1.807, 2.05) is 24.5 Å². The van der Waals surface area contributed by atoms with Crippen LogP contribution in [0.5, 0.6) is 0 Å². The van der Waals surface area contributed by atoms with Crippen molar-refractivity contribution in [1.82, 2.24) is 0 Å². The Labute approximate surface area is 104 Å². The molecular weight excluding hydrogens is 238 g/mol. The lowest BCUT2D eigenvalue weighted by Crippen LogP contribution is -2.05. The molecule has 1 aromatic carbocycles. The fourth-order valence-electron chi connectivity index (χ4n) is 1.46. The van der Waals surface area contributed by atoms with Gasteiger partial charge in [-0.25, -0.2) is 0 Å². The van der Waals surface area contributed by atoms with Crippen LogP contribution in [0.4, 0.5) is 0 Å². The molecule has 0 saturated carbocycles. The zero-order valence-electron chi connectivity index (χ0n) is 9.60. The van der Waals surface area contributed by atoms with Gasteiger partial charge < -0.3 is 5.73 Å². The van der Waals surface area contributed by atoms with E-state index in [0.29, 0.717) is 0 Å². The maximum atomic E-state index is 11.4. The van der Waals surface area contributed by atoms with Gasteiger partial charge >= 0.3 is 0 Å². The van der Waals surface area contributed by atoms with Gasteiger partial charge in [-0.1, -0.05) is 30.3 Å². The van der Waals surface area contributed by atoms with Crippen LogP contribution in [0.2, 0.25) is 0 Å². The van der Waals surface area contributed by atoms with Crippen molar-refractivity contribution < 1.29 is 4.21 Å². The minimum atomic E-state index is -0.974. The zero-order valence-corrected chi connectivity index (χ0v) is 11.2. The summed E-state index contributed by atoms with van der Waals surface area (Å²) in [7, 11) is -0.974. The summed E-state index contributed by atoms with van der Waals surface area (Å²) in [6.45, 7) is 0. The predicted octanol–water partition coefficient (Wildman–Crippen LogP) is 2.49. The van der Waals surface area contributed by atoms with E-state index in [9.17, 15) is 4.21 Å². The van der Waals surface area contributed by atoms with Crippen molar-refractivity contribution in [2.45, 2.75) is 12.8 Å². The molecule has 0 spiro atoms. The van der Waals surface area contributed by atoms with Crippen molar-refractivity contribution in [3.63, 3.8) is 0 Å². The number of rotatable bonds is 5. The monoisotopic (exact) mass is 255 g/mol. The quantitative estimate of drug-likeness (QED) is 0.879. The van der Waals surface area contributed by atoms with Crippen molar-refractivity contribution in [3.05, 3.63) is 45.8 Å². The van der Waals surface area contributed by atoms with E-state index >= 15 is 0 Å². The van der Waals surface area contributed by atoms with Gasteiger partial charge in [0.25, 0.3) is 0 Å². The molecule has 2 nitrogen and oxygen atoms in total. The Morgan fingerprint density at radius 3 is 2.50 bits per heavy atom. The molecule has 0 amide bonds. The van der Waals surface area contributed by atoms with Crippen molar-refractivity contribution in [3.8, 4) is 0 Å². The van der Waals surface area contributed by atoms with E-state index in [0.717, 1.165) is 22.8 Å². The molecule has 16 heavy (non-hydrogen) atoms. The lowest BCUT2D eigenvalue weighted by Gasteiger charge is -2.07. The second-order valence-electron chi connectivity index (χ2n) is 3.46. The largest absolute Gasteiger partial charge is 0.401 e. The van der Waals surface area contributed by atoms with Crippen LogP contribution in [0.3, 0.4) is 0 Å². The molecular formula is C12H17NOS2. The average molecular weight is 255 g/mol. The smallest absolute Gasteiger partial charge is 0.0898 e. The highest BCUT2D eigenvalue weighted by Gasteiger charge is 2.06. The van der Waals surface area contributed by atoms with Gasteiger partial charge in [-0.2, -0.15) is 0 Å². The first kappa shape index (κ1) is 13.3. The molecule has 0 bridgehead atoms. The topological polar surface area (TPSA) is 43.1 Å². The molecule has 2 N–H and O–H groups in total. The summed E-state index contributed by atoms with van der Waals surface area (Å²) in [6, 6.07) is 10.2. The van der Waals surface area contributed by atoms with Gasteiger partial charge in [0.05, 0.1) is 15.0 Å². The van der Waals surface area contributed by atoms with Gasteiger partial charge in [-0.15, -0.1) is 11.8 Å². The molecule has 0 aliphatic rings. The lowest BCUT2D eigenvalue weighted by atomic mass is 10.1. The average Bonchev–Trinajstić information content (AvgIpc) is 2.28. The van der Waals surface area contributed by atoms with Crippen LogP contribution in [0.15, 0.2) is 40.3 Å². The number of benzene rings is 1. The second kappa shape index (κ2) is 6.76. The molecule has 1 unspecified atom stereocenters. The molecule has 0 aliphatic carbocycles. The molecule has 1 rings (SSSR count). The van der Waals surface area contributed by atoms with Gasteiger partial charge in [0.15, 0.2) is 0 Å². The maximum Gasteiger partial charge on any atom is 0.0898 e. The van der Waals surface area contributed by atoms with Gasteiger partial charge in [0, 0.05) is 12.0 Å². The van der Waals surface area contributed by atoms with Gasteiger partial charge in [-0.05, 0) is 24.7 Å². The summed E-state index contributed by atoms with van der Waals surface area (Å²) in [5.41, 5.74) is 7.95. The summed E-state index contributed by atoms with van der Waals surface area (Å²) in [5, 5.41) is 0. The number of nitrogens with two attached hydrogens (primary N) is 1. The Morgan fingerprint density at radius 2 is 2.00 bits per heavy atom. The first-order chi connectivity index (χ1) is 7.65. The van der Waals surface area contributed by atoms with Gasteiger partial charge in [-0.3, -0.25) is 4.21 Å². The number of thioether (sulfide) groups is 1. The SMILES string of the molecule is CSC(=C(N)CCc1ccccc1)S(C)=O. The minimum Gasteiger partial charge on any atom is -0.401 e. The minimum absolute atomic E-state index is 0.747. The number of allylic oxidation sites excluding steroid dienone is 1. The van der Waals surface area contributed by atoms with Crippen molar-refractivity contribution in [2.75, 3.05) is 12.5 Å². The number of hydrogen-bond acceptors (Lipinski definition) is 3. The van der Waals surface area contributed by atoms with Crippen LogP contribution in [-0.2, 0) is 17.2 Å². The van der Waals surface area contributed by atoms with E-state index in [4.69, 9.17) is 5.73 Å². The van der Waals surface area contributed by atoms with E-state index in [-0.39, 0.29) is 0 Å². The predicted molar refractivity (Wildman–Crippen MR) is 73.6 cm³/mol. The van der Waals surface area contributed by atoms with Crippen molar-refractivity contribution >= 4 is 22.6 Å². The summed E-state index contributed by atoms with van der Waals surface area (Å²) in [4.78, 5) is 0. The van der Waals surface area contributed by atoms with Crippen LogP contribution in [-0.4, -0.2) is 16.7 Å². The third kappa shape index (κ3) is 4.02. The van der Waals surface area contributed by atoms with E-state index in [1.165, 1.54) is 17.3 Å².